The number of amides is 1. The number of nitrogens with zero attached hydrogens (tertiary/aromatic N) is 2. The summed E-state index contributed by atoms with van der Waals surface area (Å²) in [5.41, 5.74) is 3.51. The molecule has 2 aromatic carbocycles. The molecule has 0 radical (unpaired) electrons. The monoisotopic (exact) mass is 412 g/mol. The standard InChI is InChI=1S/C16H13ClN2O.HI/c1-19-14-8-7-12(17)9-13(14)16(18-10-15(19)20)11-5-3-2-4-6-11;/h2-9H,10H2,1H3;1H. The molecule has 1 amide bonds. The maximum atomic E-state index is 12.0. The summed E-state index contributed by atoms with van der Waals surface area (Å²) < 4.78 is 0. The van der Waals surface area contributed by atoms with Crippen molar-refractivity contribution < 1.29 is 4.79 Å². The molecule has 0 aromatic heterocycles. The quantitative estimate of drug-likeness (QED) is 0.656. The summed E-state index contributed by atoms with van der Waals surface area (Å²) in [6.07, 6.45) is 0. The molecule has 3 nitrogen and oxygen atoms in total. The van der Waals surface area contributed by atoms with Gasteiger partial charge < -0.3 is 4.90 Å². The number of fused-ring (bicyclic) bond motifs is 1. The van der Waals surface area contributed by atoms with Crippen LogP contribution in [0.3, 0.4) is 0 Å². The van der Waals surface area contributed by atoms with E-state index in [1.54, 1.807) is 18.0 Å². The van der Waals surface area contributed by atoms with E-state index in [-0.39, 0.29) is 36.4 Å². The number of benzodiazepines with no additional fused rings is 1. The topological polar surface area (TPSA) is 32.7 Å². The summed E-state index contributed by atoms with van der Waals surface area (Å²) in [6, 6.07) is 15.3. The largest absolute Gasteiger partial charge is 0.313 e. The first kappa shape index (κ1) is 16.0. The van der Waals surface area contributed by atoms with Crippen LogP contribution in [0.1, 0.15) is 11.1 Å². The van der Waals surface area contributed by atoms with E-state index in [1.165, 1.54) is 0 Å². The zero-order valence-corrected chi connectivity index (χ0v) is 14.5. The lowest BCUT2D eigenvalue weighted by atomic mass is 10.0. The number of hydrogen-bond acceptors (Lipinski definition) is 2. The van der Waals surface area contributed by atoms with Crippen molar-refractivity contribution in [2.24, 2.45) is 4.99 Å². The van der Waals surface area contributed by atoms with E-state index in [2.05, 4.69) is 4.99 Å². The van der Waals surface area contributed by atoms with Gasteiger partial charge in [-0.1, -0.05) is 41.9 Å². The van der Waals surface area contributed by atoms with E-state index in [9.17, 15) is 4.79 Å². The second-order valence-corrected chi connectivity index (χ2v) is 5.08. The molecule has 0 saturated heterocycles. The zero-order chi connectivity index (χ0) is 14.1. The molecule has 108 valence electrons. The third-order valence-electron chi connectivity index (χ3n) is 3.37. The Hall–Kier alpha value is -1.40. The van der Waals surface area contributed by atoms with E-state index in [0.29, 0.717) is 5.02 Å². The maximum absolute atomic E-state index is 12.0. The van der Waals surface area contributed by atoms with Crippen LogP contribution in [0.4, 0.5) is 5.69 Å². The molecule has 0 unspecified atom stereocenters. The van der Waals surface area contributed by atoms with Gasteiger partial charge in [0.05, 0.1) is 11.4 Å². The van der Waals surface area contributed by atoms with Crippen molar-refractivity contribution in [3.63, 3.8) is 0 Å². The molecule has 2 aromatic rings. The van der Waals surface area contributed by atoms with Gasteiger partial charge in [-0.3, -0.25) is 9.79 Å². The van der Waals surface area contributed by atoms with Gasteiger partial charge in [0.2, 0.25) is 5.91 Å². The van der Waals surface area contributed by atoms with Gasteiger partial charge in [-0.25, -0.2) is 0 Å². The fraction of sp³-hybridized carbons (Fsp3) is 0.125. The minimum atomic E-state index is -0.0282. The second-order valence-electron chi connectivity index (χ2n) is 4.65. The van der Waals surface area contributed by atoms with Gasteiger partial charge in [0.25, 0.3) is 0 Å². The second kappa shape index (κ2) is 6.58. The molecule has 0 saturated carbocycles. The molecule has 0 fully saturated rings. The lowest BCUT2D eigenvalue weighted by Crippen LogP contribution is -2.27. The van der Waals surface area contributed by atoms with Gasteiger partial charge in [0.15, 0.2) is 0 Å². The molecule has 1 aliphatic heterocycles. The summed E-state index contributed by atoms with van der Waals surface area (Å²) in [4.78, 5) is 18.1. The average molecular weight is 413 g/mol. The Morgan fingerprint density at radius 3 is 2.57 bits per heavy atom. The van der Waals surface area contributed by atoms with Crippen LogP contribution in [0.15, 0.2) is 53.5 Å². The average Bonchev–Trinajstić information content (AvgIpc) is 2.58. The molecule has 0 spiro atoms. The van der Waals surface area contributed by atoms with Crippen LogP contribution in [0, 0.1) is 0 Å². The summed E-state index contributed by atoms with van der Waals surface area (Å²) >= 11 is 6.11. The molecule has 0 bridgehead atoms. The van der Waals surface area contributed by atoms with Crippen molar-refractivity contribution in [3.8, 4) is 0 Å². The summed E-state index contributed by atoms with van der Waals surface area (Å²) in [7, 11) is 1.76. The number of anilines is 1. The van der Waals surface area contributed by atoms with Crippen LogP contribution in [-0.4, -0.2) is 25.2 Å². The molecule has 0 aliphatic carbocycles. The Labute approximate surface area is 145 Å². The number of rotatable bonds is 1. The zero-order valence-electron chi connectivity index (χ0n) is 11.4. The number of likely N-dealkylation sites (N-methyl/N-ethyl adjacent to an activating group) is 1. The molecule has 1 aliphatic rings. The van der Waals surface area contributed by atoms with Crippen molar-refractivity contribution in [1.29, 1.82) is 0 Å². The number of benzene rings is 2. The highest BCUT2D eigenvalue weighted by atomic mass is 127. The lowest BCUT2D eigenvalue weighted by Gasteiger charge is -2.18. The smallest absolute Gasteiger partial charge is 0.248 e. The molecule has 0 N–H and O–H groups in total. The van der Waals surface area contributed by atoms with E-state index >= 15 is 0 Å². The predicted molar refractivity (Wildman–Crippen MR) is 97.2 cm³/mol. The van der Waals surface area contributed by atoms with Crippen molar-refractivity contribution in [2.45, 2.75) is 0 Å². The third-order valence-corrected chi connectivity index (χ3v) is 3.60. The number of carbonyl (C=O) groups is 1. The van der Waals surface area contributed by atoms with E-state index in [4.69, 9.17) is 11.6 Å². The number of halogens is 2. The summed E-state index contributed by atoms with van der Waals surface area (Å²) in [5.74, 6) is -0.0282. The fourth-order valence-electron chi connectivity index (χ4n) is 2.31. The van der Waals surface area contributed by atoms with Crippen LogP contribution in [0.5, 0.6) is 0 Å². The highest BCUT2D eigenvalue weighted by Gasteiger charge is 2.22. The molecule has 5 heteroatoms. The van der Waals surface area contributed by atoms with Crippen molar-refractivity contribution >= 4 is 52.9 Å². The number of aliphatic imine (C=N–C) groups is 1. The van der Waals surface area contributed by atoms with E-state index in [0.717, 1.165) is 22.5 Å². The third kappa shape index (κ3) is 3.11. The Morgan fingerprint density at radius 2 is 1.86 bits per heavy atom. The van der Waals surface area contributed by atoms with Crippen molar-refractivity contribution in [2.75, 3.05) is 18.5 Å². The van der Waals surface area contributed by atoms with Gasteiger partial charge in [-0.15, -0.1) is 24.0 Å². The van der Waals surface area contributed by atoms with Crippen molar-refractivity contribution in [3.05, 3.63) is 64.7 Å². The molecular formula is C16H14ClIN2O. The highest BCUT2D eigenvalue weighted by molar-refractivity contribution is 14.0. The molecule has 21 heavy (non-hydrogen) atoms. The minimum Gasteiger partial charge on any atom is -0.313 e. The Kier molecular flexibility index (Phi) is 5.00. The van der Waals surface area contributed by atoms with Crippen LogP contribution in [0.25, 0.3) is 0 Å². The molecule has 0 atom stereocenters. The molecule has 1 heterocycles. The Bertz CT molecular complexity index is 701. The van der Waals surface area contributed by atoms with Gasteiger partial charge in [-0.05, 0) is 18.2 Å². The van der Waals surface area contributed by atoms with Gasteiger partial charge >= 0.3 is 0 Å². The predicted octanol–water partition coefficient (Wildman–Crippen LogP) is 3.77. The maximum Gasteiger partial charge on any atom is 0.248 e. The fourth-order valence-corrected chi connectivity index (χ4v) is 2.48. The van der Waals surface area contributed by atoms with Gasteiger partial charge in [-0.2, -0.15) is 0 Å². The van der Waals surface area contributed by atoms with Gasteiger partial charge in [0, 0.05) is 23.2 Å². The van der Waals surface area contributed by atoms with E-state index in [1.807, 2.05) is 42.5 Å². The van der Waals surface area contributed by atoms with Crippen LogP contribution in [0.2, 0.25) is 5.02 Å². The van der Waals surface area contributed by atoms with Crippen LogP contribution >= 0.6 is 35.6 Å². The van der Waals surface area contributed by atoms with Gasteiger partial charge in [0.1, 0.15) is 6.54 Å². The minimum absolute atomic E-state index is 0. The number of hydrogen-bond donors (Lipinski definition) is 0. The highest BCUT2D eigenvalue weighted by Crippen LogP contribution is 2.28. The lowest BCUT2D eigenvalue weighted by molar-refractivity contribution is -0.116. The summed E-state index contributed by atoms with van der Waals surface area (Å²) in [5, 5.41) is 0.634. The normalized spacial score (nSPS) is 13.9. The first-order chi connectivity index (χ1) is 9.66. The molecular weight excluding hydrogens is 399 g/mol. The first-order valence-electron chi connectivity index (χ1n) is 6.33. The van der Waals surface area contributed by atoms with Crippen LogP contribution in [-0.2, 0) is 4.79 Å². The first-order valence-corrected chi connectivity index (χ1v) is 6.71. The molecule has 3 rings (SSSR count). The van der Waals surface area contributed by atoms with E-state index < -0.39 is 0 Å². The number of carbonyl (C=O) groups excluding carboxylic acids is 1. The Morgan fingerprint density at radius 1 is 1.14 bits per heavy atom. The van der Waals surface area contributed by atoms with Crippen LogP contribution < -0.4 is 4.90 Å². The SMILES string of the molecule is CN1C(=O)CN=C(c2ccccc2)c2cc(Cl)ccc21.I. The van der Waals surface area contributed by atoms with Crippen molar-refractivity contribution in [1.82, 2.24) is 0 Å². The summed E-state index contributed by atoms with van der Waals surface area (Å²) in [6.45, 7) is 0.146. The Balaban J connectivity index is 0.00000161.